The number of anilines is 3. The molecule has 0 amide bonds. The zero-order chi connectivity index (χ0) is 17.8. The van der Waals surface area contributed by atoms with Crippen LogP contribution in [0.5, 0.6) is 0 Å². The normalized spacial score (nSPS) is 17.0. The highest BCUT2D eigenvalue weighted by atomic mass is 19.1. The topological polar surface area (TPSA) is 68.1 Å². The monoisotopic (exact) mass is 340 g/mol. The van der Waals surface area contributed by atoms with Gasteiger partial charge in [0, 0.05) is 39.4 Å². The molecule has 0 spiro atoms. The molecule has 1 aromatic heterocycles. The number of piperidine rings is 1. The van der Waals surface area contributed by atoms with Crippen molar-refractivity contribution in [2.75, 3.05) is 42.3 Å². The number of nitrogens with zero attached hydrogens (tertiary/aromatic N) is 5. The van der Waals surface area contributed by atoms with E-state index < -0.39 is 0 Å². The van der Waals surface area contributed by atoms with Crippen LogP contribution in [0.15, 0.2) is 30.5 Å². The first-order chi connectivity index (χ1) is 12.1. The van der Waals surface area contributed by atoms with Gasteiger partial charge in [0.05, 0.1) is 11.3 Å². The average Bonchev–Trinajstić information content (AvgIpc) is 2.62. The van der Waals surface area contributed by atoms with E-state index in [0.717, 1.165) is 37.4 Å². The van der Waals surface area contributed by atoms with E-state index in [9.17, 15) is 9.65 Å². The third kappa shape index (κ3) is 3.97. The number of hydrogen-bond donors (Lipinski definition) is 1. The van der Waals surface area contributed by atoms with Gasteiger partial charge in [-0.2, -0.15) is 10.2 Å². The zero-order valence-electron chi connectivity index (χ0n) is 14.4. The smallest absolute Gasteiger partial charge is 0.226 e. The molecule has 130 valence electrons. The van der Waals surface area contributed by atoms with Gasteiger partial charge in [-0.3, -0.25) is 0 Å². The molecular weight excluding hydrogens is 319 g/mol. The van der Waals surface area contributed by atoms with Crippen LogP contribution in [0.3, 0.4) is 0 Å². The molecule has 1 N–H and O–H groups in total. The van der Waals surface area contributed by atoms with Crippen molar-refractivity contribution in [3.8, 4) is 6.07 Å². The lowest BCUT2D eigenvalue weighted by atomic mass is 10.0. The predicted octanol–water partition coefficient (Wildman–Crippen LogP) is 2.63. The number of rotatable bonds is 4. The van der Waals surface area contributed by atoms with E-state index in [4.69, 9.17) is 0 Å². The Bertz CT molecular complexity index is 785. The molecule has 7 heteroatoms. The van der Waals surface area contributed by atoms with E-state index >= 15 is 0 Å². The molecule has 2 heterocycles. The summed E-state index contributed by atoms with van der Waals surface area (Å²) in [5, 5.41) is 12.7. The highest BCUT2D eigenvalue weighted by Crippen LogP contribution is 2.25. The summed E-state index contributed by atoms with van der Waals surface area (Å²) in [5.74, 6) is 1.05. The van der Waals surface area contributed by atoms with Crippen molar-refractivity contribution in [2.45, 2.75) is 18.9 Å². The highest BCUT2D eigenvalue weighted by Gasteiger charge is 2.22. The Kier molecular flexibility index (Phi) is 4.98. The fourth-order valence-electron chi connectivity index (χ4n) is 3.04. The lowest BCUT2D eigenvalue weighted by Crippen LogP contribution is -2.42. The minimum absolute atomic E-state index is 0.204. The lowest BCUT2D eigenvalue weighted by molar-refractivity contribution is 0.528. The van der Waals surface area contributed by atoms with Crippen LogP contribution in [-0.4, -0.2) is 43.2 Å². The predicted molar refractivity (Wildman–Crippen MR) is 96.3 cm³/mol. The van der Waals surface area contributed by atoms with Crippen LogP contribution in [0.4, 0.5) is 21.8 Å². The van der Waals surface area contributed by atoms with Crippen LogP contribution in [0.1, 0.15) is 18.4 Å². The summed E-state index contributed by atoms with van der Waals surface area (Å²) in [7, 11) is 3.80. The van der Waals surface area contributed by atoms with Crippen molar-refractivity contribution in [3.63, 3.8) is 0 Å². The first-order valence-electron chi connectivity index (χ1n) is 8.28. The van der Waals surface area contributed by atoms with E-state index in [1.807, 2.05) is 25.1 Å². The summed E-state index contributed by atoms with van der Waals surface area (Å²) in [6, 6.07) is 8.53. The fourth-order valence-corrected chi connectivity index (χ4v) is 3.04. The SMILES string of the molecule is CN(C)c1nccc(NC2CCCN(c3ccc(F)cc3C#N)C2)n1. The average molecular weight is 340 g/mol. The molecule has 1 unspecified atom stereocenters. The summed E-state index contributed by atoms with van der Waals surface area (Å²) in [6.45, 7) is 1.59. The molecule has 0 radical (unpaired) electrons. The first-order valence-corrected chi connectivity index (χ1v) is 8.28. The Hall–Kier alpha value is -2.88. The van der Waals surface area contributed by atoms with Crippen molar-refractivity contribution in [3.05, 3.63) is 41.8 Å². The number of benzene rings is 1. The maximum Gasteiger partial charge on any atom is 0.226 e. The quantitative estimate of drug-likeness (QED) is 0.923. The van der Waals surface area contributed by atoms with Crippen molar-refractivity contribution >= 4 is 17.5 Å². The van der Waals surface area contributed by atoms with Gasteiger partial charge in [-0.1, -0.05) is 0 Å². The van der Waals surface area contributed by atoms with E-state index in [-0.39, 0.29) is 11.9 Å². The number of halogens is 1. The van der Waals surface area contributed by atoms with Crippen LogP contribution < -0.4 is 15.1 Å². The Balaban J connectivity index is 1.74. The van der Waals surface area contributed by atoms with Crippen LogP contribution in [0.25, 0.3) is 0 Å². The third-order valence-corrected chi connectivity index (χ3v) is 4.24. The van der Waals surface area contributed by atoms with Gasteiger partial charge < -0.3 is 15.1 Å². The second-order valence-electron chi connectivity index (χ2n) is 6.34. The second-order valence-corrected chi connectivity index (χ2v) is 6.34. The third-order valence-electron chi connectivity index (χ3n) is 4.24. The summed E-state index contributed by atoms with van der Waals surface area (Å²) >= 11 is 0. The summed E-state index contributed by atoms with van der Waals surface area (Å²) < 4.78 is 13.4. The second kappa shape index (κ2) is 7.34. The number of nitriles is 1. The molecule has 6 nitrogen and oxygen atoms in total. The van der Waals surface area contributed by atoms with Gasteiger partial charge in [0.2, 0.25) is 5.95 Å². The molecule has 1 fully saturated rings. The van der Waals surface area contributed by atoms with E-state index in [0.29, 0.717) is 11.5 Å². The van der Waals surface area contributed by atoms with Gasteiger partial charge >= 0.3 is 0 Å². The highest BCUT2D eigenvalue weighted by molar-refractivity contribution is 5.60. The largest absolute Gasteiger partial charge is 0.368 e. The maximum atomic E-state index is 13.4. The summed E-state index contributed by atoms with van der Waals surface area (Å²) in [6.07, 6.45) is 3.74. The van der Waals surface area contributed by atoms with Crippen LogP contribution in [-0.2, 0) is 0 Å². The number of aromatic nitrogens is 2. The molecule has 2 aromatic rings. The molecule has 1 aliphatic heterocycles. The summed E-state index contributed by atoms with van der Waals surface area (Å²) in [4.78, 5) is 12.7. The van der Waals surface area contributed by atoms with E-state index in [2.05, 4.69) is 26.3 Å². The summed E-state index contributed by atoms with van der Waals surface area (Å²) in [5.41, 5.74) is 1.16. The zero-order valence-corrected chi connectivity index (χ0v) is 14.4. The van der Waals surface area contributed by atoms with Gasteiger partial charge in [0.25, 0.3) is 0 Å². The Morgan fingerprint density at radius 2 is 2.20 bits per heavy atom. The molecular formula is C18H21FN6. The maximum absolute atomic E-state index is 13.4. The first kappa shape index (κ1) is 17.0. The van der Waals surface area contributed by atoms with Crippen molar-refractivity contribution < 1.29 is 4.39 Å². The molecule has 1 aromatic carbocycles. The standard InChI is InChI=1S/C18H21FN6/c1-24(2)18-21-8-7-17(23-18)22-15-4-3-9-25(12-15)16-6-5-14(19)10-13(16)11-20/h5-8,10,15H,3-4,9,12H2,1-2H3,(H,21,22,23). The van der Waals surface area contributed by atoms with E-state index in [1.54, 1.807) is 12.3 Å². The minimum Gasteiger partial charge on any atom is -0.368 e. The Morgan fingerprint density at radius 3 is 2.96 bits per heavy atom. The molecule has 0 aliphatic carbocycles. The van der Waals surface area contributed by atoms with Crippen LogP contribution in [0.2, 0.25) is 0 Å². The molecule has 1 atom stereocenters. The number of hydrogen-bond acceptors (Lipinski definition) is 6. The van der Waals surface area contributed by atoms with Crippen molar-refractivity contribution in [1.29, 1.82) is 5.26 Å². The van der Waals surface area contributed by atoms with Gasteiger partial charge in [-0.05, 0) is 37.1 Å². The van der Waals surface area contributed by atoms with E-state index in [1.165, 1.54) is 12.1 Å². The minimum atomic E-state index is -0.385. The molecule has 1 saturated heterocycles. The van der Waals surface area contributed by atoms with Gasteiger partial charge in [-0.25, -0.2) is 9.37 Å². The van der Waals surface area contributed by atoms with Gasteiger partial charge in [0.1, 0.15) is 17.7 Å². The molecule has 1 aliphatic rings. The molecule has 3 rings (SSSR count). The van der Waals surface area contributed by atoms with Crippen LogP contribution in [0, 0.1) is 17.1 Å². The molecule has 25 heavy (non-hydrogen) atoms. The number of nitrogens with one attached hydrogen (secondary N) is 1. The lowest BCUT2D eigenvalue weighted by Gasteiger charge is -2.35. The van der Waals surface area contributed by atoms with Gasteiger partial charge in [-0.15, -0.1) is 0 Å². The Morgan fingerprint density at radius 1 is 1.36 bits per heavy atom. The molecule has 0 bridgehead atoms. The van der Waals surface area contributed by atoms with Gasteiger partial charge in [0.15, 0.2) is 0 Å². The van der Waals surface area contributed by atoms with Crippen LogP contribution >= 0.6 is 0 Å². The van der Waals surface area contributed by atoms with Crippen molar-refractivity contribution in [1.82, 2.24) is 9.97 Å². The Labute approximate surface area is 146 Å². The fraction of sp³-hybridized carbons (Fsp3) is 0.389. The molecule has 0 saturated carbocycles. The van der Waals surface area contributed by atoms with Crippen molar-refractivity contribution in [2.24, 2.45) is 0 Å².